The van der Waals surface area contributed by atoms with Crippen LogP contribution in [0, 0.1) is 11.3 Å². The van der Waals surface area contributed by atoms with Gasteiger partial charge in [0.2, 0.25) is 0 Å². The van der Waals surface area contributed by atoms with Crippen molar-refractivity contribution in [3.63, 3.8) is 0 Å². The Morgan fingerprint density at radius 2 is 1.73 bits per heavy atom. The second-order valence-corrected chi connectivity index (χ2v) is 13.9. The van der Waals surface area contributed by atoms with Gasteiger partial charge in [-0.15, -0.1) is 0 Å². The molecule has 3 atom stereocenters. The molecule has 0 aromatic heterocycles. The van der Waals surface area contributed by atoms with E-state index >= 15 is 0 Å². The standard InChI is InChI=1S/C18H34O3Si/c1-16(2,3)22(6,7)21-18-12-10-8-9-11-17(18,4)13-14(18)15(19)20-5/h14H,8-13H2,1-7H3/t14-,17-,18-/m0/s1. The first-order chi connectivity index (χ1) is 9.99. The molecule has 2 rings (SSSR count). The fourth-order valence-corrected chi connectivity index (χ4v) is 5.92. The van der Waals surface area contributed by atoms with Crippen LogP contribution in [0.1, 0.15) is 66.2 Å². The van der Waals surface area contributed by atoms with Crippen LogP contribution in [0.2, 0.25) is 18.1 Å². The average Bonchev–Trinajstić information content (AvgIpc) is 2.50. The Kier molecular flexibility index (Phi) is 4.60. The van der Waals surface area contributed by atoms with Crippen LogP contribution in [-0.4, -0.2) is 27.0 Å². The molecule has 0 aliphatic heterocycles. The van der Waals surface area contributed by atoms with Gasteiger partial charge in [-0.05, 0) is 42.8 Å². The minimum Gasteiger partial charge on any atom is -0.469 e. The summed E-state index contributed by atoms with van der Waals surface area (Å²) in [6.07, 6.45) is 6.79. The monoisotopic (exact) mass is 326 g/mol. The Morgan fingerprint density at radius 1 is 1.14 bits per heavy atom. The number of fused-ring (bicyclic) bond motifs is 1. The number of rotatable bonds is 3. The summed E-state index contributed by atoms with van der Waals surface area (Å²) in [5.74, 6) is -0.146. The fraction of sp³-hybridized carbons (Fsp3) is 0.944. The van der Waals surface area contributed by atoms with E-state index in [1.54, 1.807) is 0 Å². The van der Waals surface area contributed by atoms with E-state index in [2.05, 4.69) is 40.8 Å². The Balaban J connectivity index is 2.39. The van der Waals surface area contributed by atoms with Gasteiger partial charge in [-0.1, -0.05) is 47.0 Å². The van der Waals surface area contributed by atoms with Crippen LogP contribution in [-0.2, 0) is 14.0 Å². The number of methoxy groups -OCH3 is 1. The Bertz CT molecular complexity index is 440. The van der Waals surface area contributed by atoms with E-state index in [4.69, 9.17) is 9.16 Å². The molecule has 2 fully saturated rings. The molecule has 128 valence electrons. The maximum atomic E-state index is 12.4. The first-order valence-corrected chi connectivity index (χ1v) is 11.7. The predicted octanol–water partition coefficient (Wildman–Crippen LogP) is 4.91. The van der Waals surface area contributed by atoms with Gasteiger partial charge in [-0.3, -0.25) is 4.79 Å². The van der Waals surface area contributed by atoms with Gasteiger partial charge in [-0.2, -0.15) is 0 Å². The van der Waals surface area contributed by atoms with Gasteiger partial charge >= 0.3 is 5.97 Å². The highest BCUT2D eigenvalue weighted by atomic mass is 28.4. The molecule has 2 aliphatic carbocycles. The lowest BCUT2D eigenvalue weighted by Gasteiger charge is -2.64. The van der Waals surface area contributed by atoms with Crippen molar-refractivity contribution in [1.82, 2.24) is 0 Å². The molecule has 0 spiro atoms. The second-order valence-electron chi connectivity index (χ2n) is 9.15. The molecule has 0 aromatic rings. The van der Waals surface area contributed by atoms with Crippen molar-refractivity contribution in [2.24, 2.45) is 11.3 Å². The third-order valence-corrected chi connectivity index (χ3v) is 11.2. The van der Waals surface area contributed by atoms with Gasteiger partial charge in [0.1, 0.15) is 0 Å². The number of carbonyl (C=O) groups is 1. The number of carbonyl (C=O) groups excluding carboxylic acids is 1. The van der Waals surface area contributed by atoms with Crippen molar-refractivity contribution in [1.29, 1.82) is 0 Å². The van der Waals surface area contributed by atoms with E-state index in [1.807, 2.05) is 0 Å². The molecular formula is C18H34O3Si. The lowest BCUT2D eigenvalue weighted by Crippen LogP contribution is -2.69. The van der Waals surface area contributed by atoms with E-state index < -0.39 is 8.32 Å². The minimum absolute atomic E-state index is 0.0712. The first kappa shape index (κ1) is 18.0. The quantitative estimate of drug-likeness (QED) is 0.546. The summed E-state index contributed by atoms with van der Waals surface area (Å²) in [7, 11) is -0.424. The van der Waals surface area contributed by atoms with Crippen molar-refractivity contribution < 1.29 is 14.0 Å². The van der Waals surface area contributed by atoms with Crippen molar-refractivity contribution in [3.05, 3.63) is 0 Å². The third kappa shape index (κ3) is 2.66. The smallest absolute Gasteiger partial charge is 0.311 e. The molecule has 0 amide bonds. The minimum atomic E-state index is -1.93. The molecule has 0 radical (unpaired) electrons. The molecule has 2 saturated carbocycles. The van der Waals surface area contributed by atoms with Crippen molar-refractivity contribution in [2.75, 3.05) is 7.11 Å². The van der Waals surface area contributed by atoms with Crippen LogP contribution in [0.3, 0.4) is 0 Å². The maximum Gasteiger partial charge on any atom is 0.311 e. The van der Waals surface area contributed by atoms with Gasteiger partial charge < -0.3 is 9.16 Å². The molecule has 4 heteroatoms. The van der Waals surface area contributed by atoms with E-state index in [-0.39, 0.29) is 27.9 Å². The van der Waals surface area contributed by atoms with Crippen molar-refractivity contribution in [3.8, 4) is 0 Å². The molecule has 22 heavy (non-hydrogen) atoms. The molecule has 3 nitrogen and oxygen atoms in total. The highest BCUT2D eigenvalue weighted by Crippen LogP contribution is 2.64. The van der Waals surface area contributed by atoms with E-state index in [9.17, 15) is 4.79 Å². The van der Waals surface area contributed by atoms with Gasteiger partial charge in [0.25, 0.3) is 0 Å². The number of esters is 1. The summed E-state index contributed by atoms with van der Waals surface area (Å²) in [5, 5.41) is 0.158. The summed E-state index contributed by atoms with van der Waals surface area (Å²) >= 11 is 0. The van der Waals surface area contributed by atoms with Crippen molar-refractivity contribution in [2.45, 2.75) is 90.0 Å². The molecule has 0 aromatic carbocycles. The Morgan fingerprint density at radius 3 is 2.27 bits per heavy atom. The Labute approximate surface area is 137 Å². The molecule has 0 unspecified atom stereocenters. The van der Waals surface area contributed by atoms with Crippen molar-refractivity contribution >= 4 is 14.3 Å². The third-order valence-electron chi connectivity index (χ3n) is 6.75. The van der Waals surface area contributed by atoms with Crippen LogP contribution in [0.25, 0.3) is 0 Å². The van der Waals surface area contributed by atoms with Crippen LogP contribution >= 0.6 is 0 Å². The van der Waals surface area contributed by atoms with Gasteiger partial charge in [-0.25, -0.2) is 0 Å². The van der Waals surface area contributed by atoms with Gasteiger partial charge in [0, 0.05) is 0 Å². The highest BCUT2D eigenvalue weighted by Gasteiger charge is 2.68. The number of hydrogen-bond donors (Lipinski definition) is 0. The predicted molar refractivity (Wildman–Crippen MR) is 92.3 cm³/mol. The summed E-state index contributed by atoms with van der Waals surface area (Å²) in [6.45, 7) is 13.8. The molecule has 0 saturated heterocycles. The first-order valence-electron chi connectivity index (χ1n) is 8.77. The lowest BCUT2D eigenvalue weighted by molar-refractivity contribution is -0.216. The lowest BCUT2D eigenvalue weighted by atomic mass is 9.49. The molecular weight excluding hydrogens is 292 g/mol. The zero-order chi connectivity index (χ0) is 16.8. The molecule has 0 heterocycles. The SMILES string of the molecule is COC(=O)[C@@H]1C[C@]2(C)CCCCC[C@]12O[Si](C)(C)C(C)(C)C. The summed E-state index contributed by atoms with van der Waals surface area (Å²) in [4.78, 5) is 12.4. The van der Waals surface area contributed by atoms with Crippen LogP contribution in [0.5, 0.6) is 0 Å². The normalized spacial score (nSPS) is 36.0. The van der Waals surface area contributed by atoms with E-state index in [0.717, 1.165) is 19.3 Å². The van der Waals surface area contributed by atoms with Gasteiger partial charge in [0.05, 0.1) is 18.6 Å². The molecule has 2 aliphatic rings. The maximum absolute atomic E-state index is 12.4. The summed E-state index contributed by atoms with van der Waals surface area (Å²) in [6, 6.07) is 0. The average molecular weight is 327 g/mol. The fourth-order valence-electron chi connectivity index (χ4n) is 4.22. The topological polar surface area (TPSA) is 35.5 Å². The molecule has 0 bridgehead atoms. The van der Waals surface area contributed by atoms with Crippen LogP contribution < -0.4 is 0 Å². The van der Waals surface area contributed by atoms with E-state index in [1.165, 1.54) is 26.4 Å². The highest BCUT2D eigenvalue weighted by molar-refractivity contribution is 6.74. The zero-order valence-corrected chi connectivity index (χ0v) is 16.5. The van der Waals surface area contributed by atoms with Crippen LogP contribution in [0.15, 0.2) is 0 Å². The van der Waals surface area contributed by atoms with E-state index in [0.29, 0.717) is 0 Å². The summed E-state index contributed by atoms with van der Waals surface area (Å²) in [5.41, 5.74) is -0.155. The van der Waals surface area contributed by atoms with Gasteiger partial charge in [0.15, 0.2) is 8.32 Å². The largest absolute Gasteiger partial charge is 0.469 e. The number of ether oxygens (including phenoxy) is 1. The number of hydrogen-bond acceptors (Lipinski definition) is 3. The van der Waals surface area contributed by atoms with Crippen LogP contribution in [0.4, 0.5) is 0 Å². The Hall–Kier alpha value is -0.353. The second kappa shape index (κ2) is 5.62. The zero-order valence-electron chi connectivity index (χ0n) is 15.5. The molecule has 0 N–H and O–H groups in total. The summed E-state index contributed by atoms with van der Waals surface area (Å²) < 4.78 is 12.1.